The number of nitrogens with one attached hydrogen (secondary N) is 2. The average Bonchev–Trinajstić information content (AvgIpc) is 2.73. The van der Waals surface area contributed by atoms with Crippen molar-refractivity contribution in [2.24, 2.45) is 0 Å². The summed E-state index contributed by atoms with van der Waals surface area (Å²) in [4.78, 5) is 14.6. The second kappa shape index (κ2) is 8.89. The first-order valence-electron chi connectivity index (χ1n) is 9.07. The van der Waals surface area contributed by atoms with Gasteiger partial charge in [0.25, 0.3) is 5.91 Å². The van der Waals surface area contributed by atoms with Gasteiger partial charge in [0.15, 0.2) is 0 Å². The molecule has 0 atom stereocenters. The summed E-state index contributed by atoms with van der Waals surface area (Å²) >= 11 is 0. The van der Waals surface area contributed by atoms with Gasteiger partial charge in [0.1, 0.15) is 0 Å². The van der Waals surface area contributed by atoms with Gasteiger partial charge in [-0.3, -0.25) is 4.79 Å². The molecule has 0 fully saturated rings. The van der Waals surface area contributed by atoms with Crippen molar-refractivity contribution in [1.82, 2.24) is 4.72 Å². The molecule has 150 valence electrons. The Hall–Kier alpha value is -3.16. The number of anilines is 2. The van der Waals surface area contributed by atoms with E-state index in [0.29, 0.717) is 5.69 Å². The summed E-state index contributed by atoms with van der Waals surface area (Å²) in [6.07, 6.45) is 0. The van der Waals surface area contributed by atoms with Crippen LogP contribution in [-0.4, -0.2) is 28.4 Å². The third kappa shape index (κ3) is 5.43. The molecule has 1 amide bonds. The molecule has 0 aliphatic carbocycles. The maximum atomic E-state index is 12.6. The van der Waals surface area contributed by atoms with Crippen LogP contribution in [0.25, 0.3) is 0 Å². The number of hydrogen-bond acceptors (Lipinski definition) is 4. The highest BCUT2D eigenvalue weighted by atomic mass is 32.2. The quantitative estimate of drug-likeness (QED) is 0.626. The fourth-order valence-corrected chi connectivity index (χ4v) is 3.77. The van der Waals surface area contributed by atoms with E-state index < -0.39 is 10.0 Å². The van der Waals surface area contributed by atoms with E-state index in [1.165, 1.54) is 12.1 Å². The van der Waals surface area contributed by atoms with E-state index in [9.17, 15) is 13.2 Å². The predicted octanol–water partition coefficient (Wildman–Crippen LogP) is 3.48. The third-order valence-electron chi connectivity index (χ3n) is 4.36. The lowest BCUT2D eigenvalue weighted by atomic mass is 10.2. The first-order chi connectivity index (χ1) is 13.8. The van der Waals surface area contributed by atoms with Gasteiger partial charge in [-0.1, -0.05) is 36.4 Å². The molecular weight excluding hydrogens is 386 g/mol. The summed E-state index contributed by atoms with van der Waals surface area (Å²) in [6.45, 7) is 0.178. The number of carbonyl (C=O) groups is 1. The molecular formula is C22H23N3O3S. The molecule has 3 rings (SSSR count). The number of sulfonamides is 1. The predicted molar refractivity (Wildman–Crippen MR) is 116 cm³/mol. The highest BCUT2D eigenvalue weighted by Crippen LogP contribution is 2.18. The van der Waals surface area contributed by atoms with E-state index >= 15 is 0 Å². The van der Waals surface area contributed by atoms with E-state index in [1.54, 1.807) is 24.3 Å². The Bertz CT molecular complexity index is 1080. The minimum absolute atomic E-state index is 0.0454. The number of benzene rings is 3. The van der Waals surface area contributed by atoms with Gasteiger partial charge in [-0.2, -0.15) is 0 Å². The normalized spacial score (nSPS) is 11.1. The van der Waals surface area contributed by atoms with Crippen LogP contribution in [0.1, 0.15) is 15.9 Å². The van der Waals surface area contributed by atoms with Crippen molar-refractivity contribution >= 4 is 27.3 Å². The zero-order valence-electron chi connectivity index (χ0n) is 16.3. The Morgan fingerprint density at radius 2 is 1.59 bits per heavy atom. The van der Waals surface area contributed by atoms with Crippen LogP contribution in [0, 0.1) is 0 Å². The SMILES string of the molecule is CN(C)c1ccc(NC(=O)c2cccc(S(=O)(=O)NCc3ccccc3)c2)cc1. The maximum absolute atomic E-state index is 12.6. The molecule has 0 saturated heterocycles. The highest BCUT2D eigenvalue weighted by molar-refractivity contribution is 7.89. The third-order valence-corrected chi connectivity index (χ3v) is 5.76. The smallest absolute Gasteiger partial charge is 0.255 e. The number of rotatable bonds is 7. The number of nitrogens with zero attached hydrogens (tertiary/aromatic N) is 1. The average molecular weight is 410 g/mol. The summed E-state index contributed by atoms with van der Waals surface area (Å²) in [5.74, 6) is -0.372. The number of hydrogen-bond donors (Lipinski definition) is 2. The summed E-state index contributed by atoms with van der Waals surface area (Å²) in [5.41, 5.74) is 2.77. The zero-order chi connectivity index (χ0) is 20.9. The molecule has 0 heterocycles. The fourth-order valence-electron chi connectivity index (χ4n) is 2.71. The fraction of sp³-hybridized carbons (Fsp3) is 0.136. The van der Waals surface area contributed by atoms with Gasteiger partial charge in [0, 0.05) is 37.6 Å². The van der Waals surface area contributed by atoms with Crippen molar-refractivity contribution in [2.75, 3.05) is 24.3 Å². The molecule has 6 nitrogen and oxygen atoms in total. The Balaban J connectivity index is 1.71. The molecule has 29 heavy (non-hydrogen) atoms. The number of amides is 1. The van der Waals surface area contributed by atoms with Crippen LogP contribution in [-0.2, 0) is 16.6 Å². The zero-order valence-corrected chi connectivity index (χ0v) is 17.1. The molecule has 0 aromatic heterocycles. The molecule has 0 saturated carbocycles. The molecule has 0 unspecified atom stereocenters. The van der Waals surface area contributed by atoms with Crippen molar-refractivity contribution in [3.8, 4) is 0 Å². The molecule has 3 aromatic carbocycles. The summed E-state index contributed by atoms with van der Waals surface area (Å²) in [7, 11) is 0.134. The van der Waals surface area contributed by atoms with Crippen LogP contribution in [0.15, 0.2) is 83.8 Å². The molecule has 0 aliphatic heterocycles. The molecule has 0 bridgehead atoms. The van der Waals surface area contributed by atoms with Crippen molar-refractivity contribution in [3.63, 3.8) is 0 Å². The Labute approximate surface area is 171 Å². The highest BCUT2D eigenvalue weighted by Gasteiger charge is 2.16. The van der Waals surface area contributed by atoms with Crippen LogP contribution >= 0.6 is 0 Å². The van der Waals surface area contributed by atoms with Crippen molar-refractivity contribution in [1.29, 1.82) is 0 Å². The molecule has 0 aliphatic rings. The van der Waals surface area contributed by atoms with Crippen LogP contribution in [0.3, 0.4) is 0 Å². The molecule has 0 radical (unpaired) electrons. The first-order valence-corrected chi connectivity index (χ1v) is 10.6. The van der Waals surface area contributed by atoms with Crippen LogP contribution in [0.5, 0.6) is 0 Å². The Morgan fingerprint density at radius 1 is 0.897 bits per heavy atom. The minimum Gasteiger partial charge on any atom is -0.378 e. The van der Waals surface area contributed by atoms with E-state index in [4.69, 9.17) is 0 Å². The molecule has 0 spiro atoms. The second-order valence-corrected chi connectivity index (χ2v) is 8.50. The van der Waals surface area contributed by atoms with E-state index in [-0.39, 0.29) is 22.9 Å². The lowest BCUT2D eigenvalue weighted by Crippen LogP contribution is -2.23. The standard InChI is InChI=1S/C22H23N3O3S/c1-25(2)20-13-11-19(12-14-20)24-22(26)18-9-6-10-21(15-18)29(27,28)23-16-17-7-4-3-5-8-17/h3-15,23H,16H2,1-2H3,(H,24,26). The van der Waals surface area contributed by atoms with E-state index in [2.05, 4.69) is 10.0 Å². The van der Waals surface area contributed by atoms with Crippen molar-refractivity contribution < 1.29 is 13.2 Å². The minimum atomic E-state index is -3.74. The number of carbonyl (C=O) groups excluding carboxylic acids is 1. The Kier molecular flexibility index (Phi) is 6.31. The van der Waals surface area contributed by atoms with Crippen molar-refractivity contribution in [2.45, 2.75) is 11.4 Å². The van der Waals surface area contributed by atoms with Gasteiger partial charge in [-0.15, -0.1) is 0 Å². The summed E-state index contributed by atoms with van der Waals surface area (Å²) < 4.78 is 27.7. The maximum Gasteiger partial charge on any atom is 0.255 e. The van der Waals surface area contributed by atoms with Gasteiger partial charge < -0.3 is 10.2 Å². The van der Waals surface area contributed by atoms with Gasteiger partial charge in [0.2, 0.25) is 10.0 Å². The van der Waals surface area contributed by atoms with Crippen LogP contribution in [0.2, 0.25) is 0 Å². The largest absolute Gasteiger partial charge is 0.378 e. The van der Waals surface area contributed by atoms with Gasteiger partial charge in [-0.25, -0.2) is 13.1 Å². The van der Waals surface area contributed by atoms with Crippen LogP contribution < -0.4 is 14.9 Å². The Morgan fingerprint density at radius 3 is 2.24 bits per heavy atom. The second-order valence-electron chi connectivity index (χ2n) is 6.73. The van der Waals surface area contributed by atoms with E-state index in [0.717, 1.165) is 11.3 Å². The summed E-state index contributed by atoms with van der Waals surface area (Å²) in [6, 6.07) is 22.6. The lowest BCUT2D eigenvalue weighted by molar-refractivity contribution is 0.102. The molecule has 3 aromatic rings. The van der Waals surface area contributed by atoms with Gasteiger partial charge >= 0.3 is 0 Å². The van der Waals surface area contributed by atoms with Crippen LogP contribution in [0.4, 0.5) is 11.4 Å². The van der Waals surface area contributed by atoms with E-state index in [1.807, 2.05) is 61.5 Å². The molecule has 7 heteroatoms. The monoisotopic (exact) mass is 409 g/mol. The van der Waals surface area contributed by atoms with Gasteiger partial charge in [0.05, 0.1) is 4.90 Å². The summed E-state index contributed by atoms with van der Waals surface area (Å²) in [5, 5.41) is 2.79. The first kappa shape index (κ1) is 20.6. The lowest BCUT2D eigenvalue weighted by Gasteiger charge is -2.13. The van der Waals surface area contributed by atoms with Gasteiger partial charge in [-0.05, 0) is 48.0 Å². The van der Waals surface area contributed by atoms with Crippen molar-refractivity contribution in [3.05, 3.63) is 90.0 Å². The topological polar surface area (TPSA) is 78.5 Å². The molecule has 2 N–H and O–H groups in total.